The predicted octanol–water partition coefficient (Wildman–Crippen LogP) is 2.01. The van der Waals surface area contributed by atoms with Gasteiger partial charge in [-0.15, -0.1) is 0 Å². The normalized spacial score (nSPS) is 22.7. The molecule has 0 aliphatic carbocycles. The van der Waals surface area contributed by atoms with E-state index in [1.165, 1.54) is 37.4 Å². The maximum absolute atomic E-state index is 4.91. The molecular weight excluding hydrogens is 360 g/mol. The molecule has 2 N–H and O–H groups in total. The second kappa shape index (κ2) is 10.8. The zero-order valence-electron chi connectivity index (χ0n) is 18.8. The minimum atomic E-state index is 0.446. The highest BCUT2D eigenvalue weighted by atomic mass is 15.3. The smallest absolute Gasteiger partial charge is 0.191 e. The van der Waals surface area contributed by atoms with Crippen molar-refractivity contribution >= 4 is 11.6 Å². The van der Waals surface area contributed by atoms with E-state index in [4.69, 9.17) is 4.99 Å². The van der Waals surface area contributed by atoms with Crippen molar-refractivity contribution in [3.8, 4) is 0 Å². The third-order valence-electron chi connectivity index (χ3n) is 6.00. The Hall–Kier alpha value is -1.79. The van der Waals surface area contributed by atoms with Crippen LogP contribution in [-0.4, -0.2) is 87.8 Å². The lowest BCUT2D eigenvalue weighted by Gasteiger charge is -2.33. The number of piperazine rings is 1. The van der Waals surface area contributed by atoms with Gasteiger partial charge in [0.05, 0.1) is 0 Å². The first-order valence-corrected chi connectivity index (χ1v) is 11.3. The molecule has 2 aliphatic rings. The van der Waals surface area contributed by atoms with Gasteiger partial charge in [-0.2, -0.15) is 0 Å². The molecule has 2 heterocycles. The molecule has 3 rings (SSSR count). The largest absolute Gasteiger partial charge is 0.369 e. The van der Waals surface area contributed by atoms with Gasteiger partial charge in [-0.25, -0.2) is 0 Å². The van der Waals surface area contributed by atoms with E-state index in [1.807, 2.05) is 0 Å². The van der Waals surface area contributed by atoms with Crippen LogP contribution in [0.1, 0.15) is 25.8 Å². The number of guanidine groups is 1. The Morgan fingerprint density at radius 3 is 2.55 bits per heavy atom. The number of likely N-dealkylation sites (N-methyl/N-ethyl adjacent to an activating group) is 1. The lowest BCUT2D eigenvalue weighted by atomic mass is 10.1. The van der Waals surface area contributed by atoms with Crippen LogP contribution in [0.25, 0.3) is 0 Å². The number of rotatable bonds is 7. The summed E-state index contributed by atoms with van der Waals surface area (Å²) in [7, 11) is 2.21. The van der Waals surface area contributed by atoms with Crippen LogP contribution in [0, 0.1) is 12.8 Å². The highest BCUT2D eigenvalue weighted by molar-refractivity contribution is 5.80. The first-order valence-electron chi connectivity index (χ1n) is 11.3. The monoisotopic (exact) mass is 400 g/mol. The summed E-state index contributed by atoms with van der Waals surface area (Å²) in [5, 5.41) is 7.11. The van der Waals surface area contributed by atoms with E-state index in [1.54, 1.807) is 0 Å². The van der Waals surface area contributed by atoms with Gasteiger partial charge in [0.25, 0.3) is 0 Å². The molecule has 0 spiro atoms. The summed E-state index contributed by atoms with van der Waals surface area (Å²) in [6, 6.07) is 9.31. The molecule has 1 aromatic carbocycles. The summed E-state index contributed by atoms with van der Waals surface area (Å²) in [4.78, 5) is 12.4. The molecule has 0 saturated carbocycles. The fourth-order valence-electron chi connectivity index (χ4n) is 4.16. The summed E-state index contributed by atoms with van der Waals surface area (Å²) < 4.78 is 0. The summed E-state index contributed by atoms with van der Waals surface area (Å²) in [5.41, 5.74) is 2.64. The third kappa shape index (κ3) is 6.89. The molecule has 1 aromatic rings. The second-order valence-electron chi connectivity index (χ2n) is 8.84. The molecule has 29 heavy (non-hydrogen) atoms. The number of nitrogens with one attached hydrogen (secondary N) is 2. The minimum absolute atomic E-state index is 0.446. The Kier molecular flexibility index (Phi) is 8.19. The number of hydrogen-bond acceptors (Lipinski definition) is 4. The topological polar surface area (TPSA) is 46.1 Å². The van der Waals surface area contributed by atoms with Gasteiger partial charge in [0.1, 0.15) is 0 Å². The van der Waals surface area contributed by atoms with Crippen LogP contribution in [0.3, 0.4) is 0 Å². The van der Waals surface area contributed by atoms with Gasteiger partial charge >= 0.3 is 0 Å². The Morgan fingerprint density at radius 1 is 1.14 bits per heavy atom. The molecule has 0 aromatic heterocycles. The van der Waals surface area contributed by atoms with Gasteiger partial charge in [-0.3, -0.25) is 4.99 Å². The molecule has 0 amide bonds. The highest BCUT2D eigenvalue weighted by Crippen LogP contribution is 2.20. The van der Waals surface area contributed by atoms with Gasteiger partial charge in [0.2, 0.25) is 0 Å². The Balaban J connectivity index is 1.47. The van der Waals surface area contributed by atoms with E-state index in [-0.39, 0.29) is 0 Å². The van der Waals surface area contributed by atoms with Gasteiger partial charge in [0.15, 0.2) is 5.96 Å². The van der Waals surface area contributed by atoms with Crippen LogP contribution in [0.5, 0.6) is 0 Å². The fourth-order valence-corrected chi connectivity index (χ4v) is 4.16. The van der Waals surface area contributed by atoms with Gasteiger partial charge < -0.3 is 25.3 Å². The van der Waals surface area contributed by atoms with Crippen molar-refractivity contribution in [1.82, 2.24) is 20.4 Å². The van der Waals surface area contributed by atoms with Crippen LogP contribution in [0.4, 0.5) is 5.69 Å². The van der Waals surface area contributed by atoms with E-state index in [0.717, 1.165) is 45.1 Å². The summed E-state index contributed by atoms with van der Waals surface area (Å²) in [5.74, 6) is 1.54. The lowest BCUT2D eigenvalue weighted by molar-refractivity contribution is 0.140. The molecular formula is C23H40N6. The molecule has 2 fully saturated rings. The molecule has 2 saturated heterocycles. The van der Waals surface area contributed by atoms with Crippen molar-refractivity contribution in [3.63, 3.8) is 0 Å². The summed E-state index contributed by atoms with van der Waals surface area (Å²) in [6.07, 6.45) is 1.15. The average Bonchev–Trinajstić information content (AvgIpc) is 3.17. The first-order chi connectivity index (χ1) is 14.0. The Labute approximate surface area is 177 Å². The molecule has 6 heteroatoms. The van der Waals surface area contributed by atoms with Gasteiger partial charge in [0, 0.05) is 70.6 Å². The lowest BCUT2D eigenvalue weighted by Crippen LogP contribution is -2.46. The van der Waals surface area contributed by atoms with E-state index >= 15 is 0 Å². The maximum Gasteiger partial charge on any atom is 0.191 e. The number of nitrogens with zero attached hydrogens (tertiary/aromatic N) is 4. The standard InChI is InChI=1S/C23H40N6/c1-5-24-23(25-16-20(3)17-28-14-12-27(4)13-15-28)26-21-10-11-29(18-21)22-8-6-19(2)7-9-22/h6-9,20-21H,5,10-18H2,1-4H3,(H2,24,25,26). The highest BCUT2D eigenvalue weighted by Gasteiger charge is 2.23. The predicted molar refractivity (Wildman–Crippen MR) is 124 cm³/mol. The number of aliphatic imine (C=N–C) groups is 1. The van der Waals surface area contributed by atoms with Crippen molar-refractivity contribution in [2.45, 2.75) is 33.2 Å². The minimum Gasteiger partial charge on any atom is -0.369 e. The van der Waals surface area contributed by atoms with Crippen LogP contribution < -0.4 is 15.5 Å². The molecule has 162 valence electrons. The summed E-state index contributed by atoms with van der Waals surface area (Å²) >= 11 is 0. The van der Waals surface area contributed by atoms with E-state index in [0.29, 0.717) is 12.0 Å². The van der Waals surface area contributed by atoms with Crippen LogP contribution in [0.15, 0.2) is 29.3 Å². The SMILES string of the molecule is CCNC(=NCC(C)CN1CCN(C)CC1)NC1CCN(c2ccc(C)cc2)C1. The van der Waals surface area contributed by atoms with Crippen LogP contribution in [-0.2, 0) is 0 Å². The number of aryl methyl sites for hydroxylation is 1. The molecule has 2 atom stereocenters. The zero-order chi connectivity index (χ0) is 20.6. The molecule has 0 bridgehead atoms. The maximum atomic E-state index is 4.91. The van der Waals surface area contributed by atoms with Crippen molar-refractivity contribution in [2.24, 2.45) is 10.9 Å². The molecule has 0 radical (unpaired) electrons. The van der Waals surface area contributed by atoms with E-state index in [9.17, 15) is 0 Å². The van der Waals surface area contributed by atoms with E-state index < -0.39 is 0 Å². The van der Waals surface area contributed by atoms with Crippen molar-refractivity contribution in [3.05, 3.63) is 29.8 Å². The molecule has 6 nitrogen and oxygen atoms in total. The van der Waals surface area contributed by atoms with Crippen molar-refractivity contribution in [2.75, 3.05) is 70.9 Å². The zero-order valence-corrected chi connectivity index (χ0v) is 18.8. The number of anilines is 1. The van der Waals surface area contributed by atoms with Gasteiger partial charge in [-0.05, 0) is 45.4 Å². The molecule has 2 aliphatic heterocycles. The average molecular weight is 401 g/mol. The Morgan fingerprint density at radius 2 is 1.86 bits per heavy atom. The van der Waals surface area contributed by atoms with Crippen molar-refractivity contribution < 1.29 is 0 Å². The quantitative estimate of drug-likeness (QED) is 0.542. The third-order valence-corrected chi connectivity index (χ3v) is 6.00. The number of hydrogen-bond donors (Lipinski definition) is 2. The Bertz CT molecular complexity index is 635. The second-order valence-corrected chi connectivity index (χ2v) is 8.84. The number of benzene rings is 1. The van der Waals surface area contributed by atoms with Gasteiger partial charge in [-0.1, -0.05) is 24.6 Å². The van der Waals surface area contributed by atoms with E-state index in [2.05, 4.69) is 77.4 Å². The summed E-state index contributed by atoms with van der Waals surface area (Å²) in [6.45, 7) is 16.4. The van der Waals surface area contributed by atoms with Crippen LogP contribution in [0.2, 0.25) is 0 Å². The fraction of sp³-hybridized carbons (Fsp3) is 0.696. The molecule has 2 unspecified atom stereocenters. The van der Waals surface area contributed by atoms with Crippen molar-refractivity contribution in [1.29, 1.82) is 0 Å². The first kappa shape index (κ1) is 21.9. The van der Waals surface area contributed by atoms with Crippen LogP contribution >= 0.6 is 0 Å².